The third kappa shape index (κ3) is 2.89. The lowest BCUT2D eigenvalue weighted by atomic mass is 10.1. The fourth-order valence-corrected chi connectivity index (χ4v) is 2.84. The standard InChI is InChI=1S/C14H13NOS2/c1-10(8-11-6-4-3-5-7-11)9-12-13(16)15(2)14(17)18-12/h3-9H,1-2H3/b10-8-,12-9+. The zero-order valence-electron chi connectivity index (χ0n) is 10.2. The Morgan fingerprint density at radius 1 is 1.33 bits per heavy atom. The van der Waals surface area contributed by atoms with Crippen LogP contribution in [0.5, 0.6) is 0 Å². The van der Waals surface area contributed by atoms with Crippen molar-refractivity contribution in [1.82, 2.24) is 4.90 Å². The van der Waals surface area contributed by atoms with Gasteiger partial charge in [-0.05, 0) is 24.1 Å². The zero-order chi connectivity index (χ0) is 13.1. The number of rotatable bonds is 2. The van der Waals surface area contributed by atoms with Crippen LogP contribution in [0.25, 0.3) is 6.08 Å². The minimum Gasteiger partial charge on any atom is -0.296 e. The highest BCUT2D eigenvalue weighted by molar-refractivity contribution is 8.26. The number of allylic oxidation sites excluding steroid dienone is 2. The van der Waals surface area contributed by atoms with Crippen LogP contribution < -0.4 is 0 Å². The Kier molecular flexibility index (Phi) is 3.99. The lowest BCUT2D eigenvalue weighted by Crippen LogP contribution is -2.22. The van der Waals surface area contributed by atoms with E-state index in [1.807, 2.05) is 49.4 Å². The van der Waals surface area contributed by atoms with Gasteiger partial charge in [0.2, 0.25) is 0 Å². The van der Waals surface area contributed by atoms with Gasteiger partial charge in [-0.15, -0.1) is 0 Å². The number of carbonyl (C=O) groups excluding carboxylic acids is 1. The van der Waals surface area contributed by atoms with E-state index in [1.54, 1.807) is 7.05 Å². The van der Waals surface area contributed by atoms with Gasteiger partial charge in [-0.25, -0.2) is 0 Å². The molecule has 0 spiro atoms. The number of carbonyl (C=O) groups is 1. The van der Waals surface area contributed by atoms with Gasteiger partial charge in [0.1, 0.15) is 4.32 Å². The van der Waals surface area contributed by atoms with Crippen LogP contribution in [0.2, 0.25) is 0 Å². The molecule has 1 saturated heterocycles. The van der Waals surface area contributed by atoms with Gasteiger partial charge >= 0.3 is 0 Å². The first-order valence-corrected chi connectivity index (χ1v) is 6.75. The van der Waals surface area contributed by atoms with Crippen molar-refractivity contribution in [2.24, 2.45) is 0 Å². The number of nitrogens with zero attached hydrogens (tertiary/aromatic N) is 1. The Balaban J connectivity index is 2.22. The van der Waals surface area contributed by atoms with Crippen molar-refractivity contribution in [2.75, 3.05) is 7.05 Å². The Bertz CT molecular complexity index is 546. The molecule has 1 aromatic carbocycles. The van der Waals surface area contributed by atoms with E-state index in [4.69, 9.17) is 12.2 Å². The molecule has 2 nitrogen and oxygen atoms in total. The molecule has 1 heterocycles. The van der Waals surface area contributed by atoms with E-state index in [0.29, 0.717) is 9.23 Å². The highest BCUT2D eigenvalue weighted by Crippen LogP contribution is 2.30. The first kappa shape index (κ1) is 13.1. The highest BCUT2D eigenvalue weighted by Gasteiger charge is 2.28. The van der Waals surface area contributed by atoms with Crippen molar-refractivity contribution in [2.45, 2.75) is 6.92 Å². The molecule has 1 aliphatic heterocycles. The van der Waals surface area contributed by atoms with E-state index in [0.717, 1.165) is 11.1 Å². The van der Waals surface area contributed by atoms with E-state index in [2.05, 4.69) is 0 Å². The smallest absolute Gasteiger partial charge is 0.265 e. The summed E-state index contributed by atoms with van der Waals surface area (Å²) in [7, 11) is 1.70. The Morgan fingerprint density at radius 3 is 2.56 bits per heavy atom. The molecule has 1 fully saturated rings. The fraction of sp³-hybridized carbons (Fsp3) is 0.143. The first-order valence-electron chi connectivity index (χ1n) is 5.53. The molecule has 1 aliphatic rings. The maximum Gasteiger partial charge on any atom is 0.265 e. The summed E-state index contributed by atoms with van der Waals surface area (Å²) in [5.74, 6) is -0.0224. The molecule has 4 heteroatoms. The van der Waals surface area contributed by atoms with Gasteiger partial charge in [0.05, 0.1) is 4.91 Å². The van der Waals surface area contributed by atoms with Crippen LogP contribution in [0, 0.1) is 0 Å². The van der Waals surface area contributed by atoms with Crippen molar-refractivity contribution in [1.29, 1.82) is 0 Å². The number of hydrogen-bond acceptors (Lipinski definition) is 3. The Hall–Kier alpha value is -1.39. The van der Waals surface area contributed by atoms with E-state index in [1.165, 1.54) is 16.7 Å². The maximum atomic E-state index is 11.8. The molecule has 0 aliphatic carbocycles. The van der Waals surface area contributed by atoms with Gasteiger partial charge in [0, 0.05) is 7.05 Å². The van der Waals surface area contributed by atoms with Crippen molar-refractivity contribution < 1.29 is 4.79 Å². The second-order valence-electron chi connectivity index (χ2n) is 4.04. The predicted octanol–water partition coefficient (Wildman–Crippen LogP) is 3.46. The first-order chi connectivity index (χ1) is 8.58. The summed E-state index contributed by atoms with van der Waals surface area (Å²) < 4.78 is 0.610. The van der Waals surface area contributed by atoms with Gasteiger partial charge in [0.15, 0.2) is 0 Å². The van der Waals surface area contributed by atoms with Crippen LogP contribution in [0.1, 0.15) is 12.5 Å². The average Bonchev–Trinajstić information content (AvgIpc) is 2.58. The van der Waals surface area contributed by atoms with Gasteiger partial charge in [-0.1, -0.05) is 60.4 Å². The summed E-state index contributed by atoms with van der Waals surface area (Å²) in [4.78, 5) is 14.0. The van der Waals surface area contributed by atoms with E-state index >= 15 is 0 Å². The Morgan fingerprint density at radius 2 is 2.00 bits per heavy atom. The molecule has 0 bridgehead atoms. The van der Waals surface area contributed by atoms with Gasteiger partial charge in [-0.2, -0.15) is 0 Å². The van der Waals surface area contributed by atoms with Crippen molar-refractivity contribution >= 4 is 40.3 Å². The molecule has 18 heavy (non-hydrogen) atoms. The summed E-state index contributed by atoms with van der Waals surface area (Å²) in [6, 6.07) is 10.0. The second kappa shape index (κ2) is 5.50. The summed E-state index contributed by atoms with van der Waals surface area (Å²) in [5, 5.41) is 0. The largest absolute Gasteiger partial charge is 0.296 e. The van der Waals surface area contributed by atoms with Crippen molar-refractivity contribution in [3.8, 4) is 0 Å². The molecule has 0 unspecified atom stereocenters. The third-order valence-electron chi connectivity index (χ3n) is 2.54. The molecule has 0 radical (unpaired) electrons. The van der Waals surface area contributed by atoms with Crippen LogP contribution in [-0.4, -0.2) is 22.2 Å². The van der Waals surface area contributed by atoms with Crippen LogP contribution in [0.15, 0.2) is 46.9 Å². The Labute approximate surface area is 116 Å². The fourth-order valence-electron chi connectivity index (χ4n) is 1.61. The molecule has 2 rings (SSSR count). The highest BCUT2D eigenvalue weighted by atomic mass is 32.2. The van der Waals surface area contributed by atoms with E-state index in [-0.39, 0.29) is 5.91 Å². The number of benzene rings is 1. The van der Waals surface area contributed by atoms with Gasteiger partial charge in [-0.3, -0.25) is 9.69 Å². The van der Waals surface area contributed by atoms with Crippen LogP contribution in [0.4, 0.5) is 0 Å². The number of hydrogen-bond donors (Lipinski definition) is 0. The monoisotopic (exact) mass is 275 g/mol. The molecule has 1 amide bonds. The quantitative estimate of drug-likeness (QED) is 0.609. The normalized spacial score (nSPS) is 18.9. The molecular formula is C14H13NOS2. The number of amides is 1. The number of likely N-dealkylation sites (N-methyl/N-ethyl adjacent to an activating group) is 1. The molecule has 1 aromatic rings. The maximum absolute atomic E-state index is 11.8. The molecule has 0 aromatic heterocycles. The molecule has 0 saturated carbocycles. The number of thiocarbonyl (C=S) groups is 1. The summed E-state index contributed by atoms with van der Waals surface area (Å²) in [6.45, 7) is 1.98. The molecule has 92 valence electrons. The summed E-state index contributed by atoms with van der Waals surface area (Å²) in [5.41, 5.74) is 2.16. The summed E-state index contributed by atoms with van der Waals surface area (Å²) in [6.07, 6.45) is 3.93. The van der Waals surface area contributed by atoms with Crippen molar-refractivity contribution in [3.05, 3.63) is 52.4 Å². The average molecular weight is 275 g/mol. The van der Waals surface area contributed by atoms with Crippen molar-refractivity contribution in [3.63, 3.8) is 0 Å². The SMILES string of the molecule is CC(=C/c1ccccc1)/C=C1/SC(=S)N(C)C1=O. The van der Waals surface area contributed by atoms with E-state index < -0.39 is 0 Å². The minimum atomic E-state index is -0.0224. The lowest BCUT2D eigenvalue weighted by molar-refractivity contribution is -0.121. The molecule has 0 N–H and O–H groups in total. The molecular weight excluding hydrogens is 262 g/mol. The molecule has 0 atom stereocenters. The topological polar surface area (TPSA) is 20.3 Å². The number of thioether (sulfide) groups is 1. The van der Waals surface area contributed by atoms with E-state index in [9.17, 15) is 4.79 Å². The lowest BCUT2D eigenvalue weighted by Gasteiger charge is -2.03. The minimum absolute atomic E-state index is 0.0224. The van der Waals surface area contributed by atoms with Crippen LogP contribution in [-0.2, 0) is 4.79 Å². The zero-order valence-corrected chi connectivity index (χ0v) is 11.8. The van der Waals surface area contributed by atoms with Gasteiger partial charge in [0.25, 0.3) is 5.91 Å². The van der Waals surface area contributed by atoms with Crippen LogP contribution in [0.3, 0.4) is 0 Å². The second-order valence-corrected chi connectivity index (χ2v) is 5.72. The predicted molar refractivity (Wildman–Crippen MR) is 81.1 cm³/mol. The third-order valence-corrected chi connectivity index (χ3v) is 4.02. The summed E-state index contributed by atoms with van der Waals surface area (Å²) >= 11 is 6.43. The van der Waals surface area contributed by atoms with Gasteiger partial charge < -0.3 is 0 Å². The van der Waals surface area contributed by atoms with Crippen LogP contribution >= 0.6 is 24.0 Å².